The molecule has 3 N–H and O–H groups in total. The van der Waals surface area contributed by atoms with E-state index in [9.17, 15) is 22.8 Å². The van der Waals surface area contributed by atoms with E-state index in [2.05, 4.69) is 5.32 Å². The van der Waals surface area contributed by atoms with E-state index in [-0.39, 0.29) is 18.6 Å². The Morgan fingerprint density at radius 1 is 1.35 bits per heavy atom. The average molecular weight is 330 g/mol. The van der Waals surface area contributed by atoms with Crippen molar-refractivity contribution >= 4 is 11.8 Å². The maximum Gasteiger partial charge on any atom is 0.416 e. The highest BCUT2D eigenvalue weighted by Crippen LogP contribution is 2.32. The van der Waals surface area contributed by atoms with Crippen LogP contribution in [-0.2, 0) is 26.9 Å². The van der Waals surface area contributed by atoms with Gasteiger partial charge in [-0.1, -0.05) is 18.2 Å². The number of nitrogens with two attached hydrogens (primary N) is 1. The average Bonchev–Trinajstić information content (AvgIpc) is 3.00. The molecule has 1 fully saturated rings. The smallest absolute Gasteiger partial charge is 0.381 e. The van der Waals surface area contributed by atoms with Gasteiger partial charge in [-0.25, -0.2) is 0 Å². The van der Waals surface area contributed by atoms with Gasteiger partial charge >= 0.3 is 6.18 Å². The minimum Gasteiger partial charge on any atom is -0.381 e. The topological polar surface area (TPSA) is 81.4 Å². The molecule has 0 spiro atoms. The summed E-state index contributed by atoms with van der Waals surface area (Å²) in [4.78, 5) is 23.5. The molecule has 5 nitrogen and oxygen atoms in total. The molecule has 0 aromatic heterocycles. The van der Waals surface area contributed by atoms with Crippen LogP contribution < -0.4 is 11.1 Å². The summed E-state index contributed by atoms with van der Waals surface area (Å²) >= 11 is 0. The summed E-state index contributed by atoms with van der Waals surface area (Å²) < 4.78 is 44.0. The van der Waals surface area contributed by atoms with E-state index in [4.69, 9.17) is 10.5 Å². The molecule has 2 amide bonds. The maximum absolute atomic E-state index is 13.0. The summed E-state index contributed by atoms with van der Waals surface area (Å²) in [5.74, 6) is -1.72. The van der Waals surface area contributed by atoms with E-state index in [0.717, 1.165) is 6.07 Å². The molecule has 8 heteroatoms. The van der Waals surface area contributed by atoms with Crippen molar-refractivity contribution in [1.82, 2.24) is 5.32 Å². The lowest BCUT2D eigenvalue weighted by Crippen LogP contribution is -2.48. The first kappa shape index (κ1) is 17.3. The van der Waals surface area contributed by atoms with Gasteiger partial charge in [-0.2, -0.15) is 13.2 Å². The molecule has 2 atom stereocenters. The number of benzene rings is 1. The molecule has 0 radical (unpaired) electrons. The number of hydrogen-bond donors (Lipinski definition) is 2. The zero-order valence-electron chi connectivity index (χ0n) is 12.2. The standard InChI is InChI=1S/C15H17F3N2O3/c16-15(17,18)11-4-2-1-3-9(11)7-12(13(19)21)20-14(22)10-5-6-23-8-10/h1-4,10,12H,5-8H2,(H2,19,21)(H,20,22)/t10-,12+/m1/s1. The predicted octanol–water partition coefficient (Wildman–Crippen LogP) is 1.25. The summed E-state index contributed by atoms with van der Waals surface area (Å²) in [6.45, 7) is 0.673. The van der Waals surface area contributed by atoms with Gasteiger partial charge in [-0.3, -0.25) is 9.59 Å². The number of ether oxygens (including phenoxy) is 1. The number of carbonyl (C=O) groups excluding carboxylic acids is 2. The Morgan fingerprint density at radius 2 is 2.04 bits per heavy atom. The fourth-order valence-corrected chi connectivity index (χ4v) is 2.45. The number of halogens is 3. The third kappa shape index (κ3) is 4.44. The van der Waals surface area contributed by atoms with Crippen molar-refractivity contribution < 1.29 is 27.5 Å². The van der Waals surface area contributed by atoms with Gasteiger partial charge in [0.2, 0.25) is 11.8 Å². The molecule has 2 rings (SSSR count). The van der Waals surface area contributed by atoms with Crippen LogP contribution in [0, 0.1) is 5.92 Å². The van der Waals surface area contributed by atoms with Gasteiger partial charge in [0.25, 0.3) is 0 Å². The molecule has 126 valence electrons. The fraction of sp³-hybridized carbons (Fsp3) is 0.467. The Morgan fingerprint density at radius 3 is 2.61 bits per heavy atom. The highest BCUT2D eigenvalue weighted by Gasteiger charge is 2.34. The normalized spacial score (nSPS) is 19.3. The van der Waals surface area contributed by atoms with E-state index in [1.54, 1.807) is 0 Å². The summed E-state index contributed by atoms with van der Waals surface area (Å²) in [6, 6.07) is 3.70. The highest BCUT2D eigenvalue weighted by atomic mass is 19.4. The SMILES string of the molecule is NC(=O)[C@H](Cc1ccccc1C(F)(F)F)NC(=O)[C@@H]1CCOC1. The highest BCUT2D eigenvalue weighted by molar-refractivity contribution is 5.88. The molecule has 1 heterocycles. The quantitative estimate of drug-likeness (QED) is 0.853. The Kier molecular flexibility index (Phi) is 5.25. The van der Waals surface area contributed by atoms with Gasteiger partial charge in [-0.15, -0.1) is 0 Å². The summed E-state index contributed by atoms with van der Waals surface area (Å²) in [7, 11) is 0. The molecule has 1 aromatic rings. The minimum atomic E-state index is -4.54. The van der Waals surface area contributed by atoms with Gasteiger partial charge in [0.15, 0.2) is 0 Å². The van der Waals surface area contributed by atoms with Crippen molar-refractivity contribution in [3.05, 3.63) is 35.4 Å². The van der Waals surface area contributed by atoms with Crippen molar-refractivity contribution in [3.63, 3.8) is 0 Å². The zero-order valence-corrected chi connectivity index (χ0v) is 12.2. The largest absolute Gasteiger partial charge is 0.416 e. The first-order valence-electron chi connectivity index (χ1n) is 7.11. The van der Waals surface area contributed by atoms with Crippen molar-refractivity contribution in [2.45, 2.75) is 25.1 Å². The van der Waals surface area contributed by atoms with Crippen LogP contribution in [0.4, 0.5) is 13.2 Å². The number of nitrogens with one attached hydrogen (secondary N) is 1. The number of rotatable bonds is 5. The van der Waals surface area contributed by atoms with Crippen LogP contribution in [0.3, 0.4) is 0 Å². The van der Waals surface area contributed by atoms with Gasteiger partial charge in [0, 0.05) is 13.0 Å². The molecule has 0 bridgehead atoms. The first-order valence-corrected chi connectivity index (χ1v) is 7.11. The second kappa shape index (κ2) is 6.99. The van der Waals surface area contributed by atoms with Gasteiger partial charge in [0.05, 0.1) is 18.1 Å². The lowest BCUT2D eigenvalue weighted by molar-refractivity contribution is -0.138. The molecule has 0 aliphatic carbocycles. The molecule has 1 saturated heterocycles. The molecule has 23 heavy (non-hydrogen) atoms. The lowest BCUT2D eigenvalue weighted by Gasteiger charge is -2.20. The van der Waals surface area contributed by atoms with E-state index < -0.39 is 35.5 Å². The van der Waals surface area contributed by atoms with Crippen molar-refractivity contribution in [3.8, 4) is 0 Å². The Balaban J connectivity index is 2.14. The van der Waals surface area contributed by atoms with Crippen LogP contribution in [0.5, 0.6) is 0 Å². The molecule has 1 aliphatic rings. The van der Waals surface area contributed by atoms with E-state index in [1.165, 1.54) is 18.2 Å². The summed E-state index contributed by atoms with van der Waals surface area (Å²) in [5, 5.41) is 2.42. The number of carbonyl (C=O) groups is 2. The second-order valence-corrected chi connectivity index (χ2v) is 5.38. The van der Waals surface area contributed by atoms with E-state index in [0.29, 0.717) is 13.0 Å². The molecular weight excluding hydrogens is 313 g/mol. The number of hydrogen-bond acceptors (Lipinski definition) is 3. The molecule has 0 saturated carbocycles. The third-order valence-corrected chi connectivity index (χ3v) is 3.71. The van der Waals surface area contributed by atoms with Crippen LogP contribution in [0.2, 0.25) is 0 Å². The van der Waals surface area contributed by atoms with Crippen LogP contribution in [0.25, 0.3) is 0 Å². The lowest BCUT2D eigenvalue weighted by atomic mass is 9.98. The van der Waals surface area contributed by atoms with Crippen LogP contribution in [-0.4, -0.2) is 31.1 Å². The zero-order chi connectivity index (χ0) is 17.0. The Labute approximate surface area is 131 Å². The number of primary amides is 1. The van der Waals surface area contributed by atoms with Gasteiger partial charge < -0.3 is 15.8 Å². The van der Waals surface area contributed by atoms with E-state index in [1.807, 2.05) is 0 Å². The van der Waals surface area contributed by atoms with Gasteiger partial charge in [-0.05, 0) is 18.1 Å². The summed E-state index contributed by atoms with van der Waals surface area (Å²) in [5.41, 5.74) is 4.29. The molecular formula is C15H17F3N2O3. The Bertz CT molecular complexity index is 584. The maximum atomic E-state index is 13.0. The molecule has 1 aliphatic heterocycles. The van der Waals surface area contributed by atoms with Crippen molar-refractivity contribution in [2.75, 3.05) is 13.2 Å². The minimum absolute atomic E-state index is 0.0910. The summed E-state index contributed by atoms with van der Waals surface area (Å²) in [6.07, 6.45) is -4.34. The van der Waals surface area contributed by atoms with Crippen LogP contribution >= 0.6 is 0 Å². The first-order chi connectivity index (χ1) is 10.8. The van der Waals surface area contributed by atoms with Crippen LogP contribution in [0.1, 0.15) is 17.5 Å². The predicted molar refractivity (Wildman–Crippen MR) is 75.2 cm³/mol. The monoisotopic (exact) mass is 330 g/mol. The van der Waals surface area contributed by atoms with Crippen molar-refractivity contribution in [1.29, 1.82) is 0 Å². The fourth-order valence-electron chi connectivity index (χ4n) is 2.45. The number of alkyl halides is 3. The third-order valence-electron chi connectivity index (χ3n) is 3.71. The molecule has 1 aromatic carbocycles. The van der Waals surface area contributed by atoms with Crippen molar-refractivity contribution in [2.24, 2.45) is 11.7 Å². The van der Waals surface area contributed by atoms with Gasteiger partial charge in [0.1, 0.15) is 6.04 Å². The van der Waals surface area contributed by atoms with Crippen LogP contribution in [0.15, 0.2) is 24.3 Å². The number of amides is 2. The van der Waals surface area contributed by atoms with E-state index >= 15 is 0 Å². The Hall–Kier alpha value is -2.09. The molecule has 0 unspecified atom stereocenters. The second-order valence-electron chi connectivity index (χ2n) is 5.38.